The minimum Gasteiger partial charge on any atom is -0.383 e. The normalized spacial score (nSPS) is 13.7. The average molecular weight is 415 g/mol. The Kier molecular flexibility index (Phi) is 5.77. The van der Waals surface area contributed by atoms with Gasteiger partial charge in [0.25, 0.3) is 0 Å². The predicted molar refractivity (Wildman–Crippen MR) is 118 cm³/mol. The molecule has 10 heteroatoms. The van der Waals surface area contributed by atoms with Crippen LogP contribution in [0.3, 0.4) is 0 Å². The molecule has 0 atom stereocenters. The van der Waals surface area contributed by atoms with Crippen LogP contribution in [0.25, 0.3) is 16.4 Å². The number of nitrogens with zero attached hydrogens (tertiary/aromatic N) is 9. The second-order valence-corrected chi connectivity index (χ2v) is 6.78. The van der Waals surface area contributed by atoms with Crippen LogP contribution in [0.1, 0.15) is 18.3 Å². The zero-order chi connectivity index (χ0) is 21.8. The van der Waals surface area contributed by atoms with Crippen LogP contribution in [0.15, 0.2) is 46.9 Å². The Bertz CT molecular complexity index is 1190. The molecule has 0 aliphatic carbocycles. The van der Waals surface area contributed by atoms with E-state index in [0.29, 0.717) is 29.7 Å². The van der Waals surface area contributed by atoms with Gasteiger partial charge in [0.2, 0.25) is 11.6 Å². The van der Waals surface area contributed by atoms with Gasteiger partial charge < -0.3 is 14.5 Å². The van der Waals surface area contributed by atoms with Gasteiger partial charge in [-0.1, -0.05) is 11.4 Å². The van der Waals surface area contributed by atoms with Crippen molar-refractivity contribution in [2.45, 2.75) is 13.8 Å². The number of fused-ring (bicyclic) bond motifs is 1. The zero-order valence-electron chi connectivity index (χ0n) is 17.5. The number of hydrogen-bond donors (Lipinski definition) is 0. The summed E-state index contributed by atoms with van der Waals surface area (Å²) in [5, 5.41) is 8.54. The first-order valence-electron chi connectivity index (χ1n) is 9.78. The third-order valence-electron chi connectivity index (χ3n) is 4.83. The fraction of sp³-hybridized carbons (Fsp3) is 0.286. The van der Waals surface area contributed by atoms with Crippen molar-refractivity contribution in [3.8, 4) is 11.5 Å². The summed E-state index contributed by atoms with van der Waals surface area (Å²) >= 11 is 0. The van der Waals surface area contributed by atoms with Crippen LogP contribution < -0.4 is 4.90 Å². The van der Waals surface area contributed by atoms with E-state index in [1.165, 1.54) is 4.79 Å². The van der Waals surface area contributed by atoms with E-state index in [4.69, 9.17) is 16.3 Å². The Hall–Kier alpha value is -3.97. The van der Waals surface area contributed by atoms with Gasteiger partial charge >= 0.3 is 5.84 Å². The summed E-state index contributed by atoms with van der Waals surface area (Å²) in [7, 11) is 1.70. The molecule has 3 heterocycles. The first kappa shape index (κ1) is 20.3. The topological polar surface area (TPSA) is 98.0 Å². The van der Waals surface area contributed by atoms with Gasteiger partial charge in [-0.25, -0.2) is 9.97 Å². The SMILES string of the molecule is [C-]#[N+]C1=Nn2nc(-c3cnccn3)nc2/C1=N\c1ccc(N(CC)CCOC)cc1C. The molecule has 0 spiro atoms. The van der Waals surface area contributed by atoms with E-state index in [0.717, 1.165) is 30.0 Å². The Morgan fingerprint density at radius 3 is 2.84 bits per heavy atom. The number of ether oxygens (including phenoxy) is 1. The van der Waals surface area contributed by atoms with Crippen LogP contribution in [-0.2, 0) is 4.74 Å². The lowest BCUT2D eigenvalue weighted by atomic mass is 10.1. The zero-order valence-corrected chi connectivity index (χ0v) is 17.5. The number of hydrogen-bond acceptors (Lipinski definition) is 8. The molecular weight excluding hydrogens is 394 g/mol. The molecule has 156 valence electrons. The number of aryl methyl sites for hydroxylation is 1. The van der Waals surface area contributed by atoms with E-state index in [2.05, 4.69) is 47.9 Å². The molecule has 31 heavy (non-hydrogen) atoms. The molecule has 1 aromatic carbocycles. The Morgan fingerprint density at radius 2 is 2.16 bits per heavy atom. The summed E-state index contributed by atoms with van der Waals surface area (Å²) in [6, 6.07) is 6.04. The van der Waals surface area contributed by atoms with Crippen LogP contribution in [0.4, 0.5) is 11.4 Å². The fourth-order valence-corrected chi connectivity index (χ4v) is 3.21. The van der Waals surface area contributed by atoms with Gasteiger partial charge in [0.05, 0.1) is 18.5 Å². The Labute approximate surface area is 179 Å². The molecule has 1 aliphatic rings. The predicted octanol–water partition coefficient (Wildman–Crippen LogP) is 2.73. The quantitative estimate of drug-likeness (QED) is 0.551. The first-order chi connectivity index (χ1) is 15.1. The lowest BCUT2D eigenvalue weighted by Crippen LogP contribution is -2.26. The number of methoxy groups -OCH3 is 1. The standard InChI is InChI=1S/C21H21N9O/c1-5-29(10-11-31-4)15-6-7-16(14(2)12-15)25-18-20(22-3)28-30-21(18)26-19(27-30)17-13-23-8-9-24-17/h6-9,12-13H,5,10-11H2,1-2,4H3/b25-18-. The van der Waals surface area contributed by atoms with E-state index in [1.54, 1.807) is 25.7 Å². The molecule has 3 aromatic rings. The molecule has 0 fully saturated rings. The summed E-state index contributed by atoms with van der Waals surface area (Å²) in [5.74, 6) is 0.942. The third-order valence-corrected chi connectivity index (χ3v) is 4.83. The van der Waals surface area contributed by atoms with Crippen LogP contribution >= 0.6 is 0 Å². The summed E-state index contributed by atoms with van der Waals surface area (Å²) in [4.78, 5) is 24.5. The summed E-state index contributed by atoms with van der Waals surface area (Å²) in [6.45, 7) is 13.9. The van der Waals surface area contributed by atoms with Crippen molar-refractivity contribution in [3.05, 3.63) is 59.6 Å². The number of amidine groups is 1. The lowest BCUT2D eigenvalue weighted by molar-refractivity contribution is 0.205. The van der Waals surface area contributed by atoms with Crippen molar-refractivity contribution >= 4 is 22.9 Å². The highest BCUT2D eigenvalue weighted by molar-refractivity contribution is 6.51. The van der Waals surface area contributed by atoms with Crippen molar-refractivity contribution < 1.29 is 4.74 Å². The largest absolute Gasteiger partial charge is 0.383 e. The van der Waals surface area contributed by atoms with Gasteiger partial charge in [0.1, 0.15) is 11.4 Å². The number of anilines is 1. The molecular formula is C21H21N9O. The molecule has 0 saturated carbocycles. The van der Waals surface area contributed by atoms with Gasteiger partial charge in [0.15, 0.2) is 0 Å². The molecule has 2 aromatic heterocycles. The van der Waals surface area contributed by atoms with Crippen molar-refractivity contribution in [1.82, 2.24) is 24.8 Å². The van der Waals surface area contributed by atoms with E-state index in [1.807, 2.05) is 19.1 Å². The molecule has 0 N–H and O–H groups in total. The molecule has 4 rings (SSSR count). The maximum Gasteiger partial charge on any atom is 0.325 e. The molecule has 0 amide bonds. The Balaban J connectivity index is 1.68. The van der Waals surface area contributed by atoms with E-state index >= 15 is 0 Å². The van der Waals surface area contributed by atoms with Crippen molar-refractivity contribution in [2.24, 2.45) is 10.1 Å². The smallest absolute Gasteiger partial charge is 0.325 e. The van der Waals surface area contributed by atoms with Gasteiger partial charge in [-0.2, -0.15) is 0 Å². The van der Waals surface area contributed by atoms with Crippen LogP contribution in [-0.4, -0.2) is 63.2 Å². The number of likely N-dealkylation sites (N-methyl/N-ethyl adjacent to an activating group) is 1. The Morgan fingerprint density at radius 1 is 1.29 bits per heavy atom. The molecule has 1 aliphatic heterocycles. The molecule has 10 nitrogen and oxygen atoms in total. The lowest BCUT2D eigenvalue weighted by Gasteiger charge is -2.23. The van der Waals surface area contributed by atoms with Gasteiger partial charge in [-0.15, -0.1) is 5.10 Å². The van der Waals surface area contributed by atoms with Crippen LogP contribution in [0.5, 0.6) is 0 Å². The van der Waals surface area contributed by atoms with Crippen molar-refractivity contribution in [3.63, 3.8) is 0 Å². The monoisotopic (exact) mass is 415 g/mol. The summed E-state index contributed by atoms with van der Waals surface area (Å²) < 4.78 is 5.20. The van der Waals surface area contributed by atoms with E-state index in [9.17, 15) is 0 Å². The van der Waals surface area contributed by atoms with Gasteiger partial charge in [-0.3, -0.25) is 9.98 Å². The summed E-state index contributed by atoms with van der Waals surface area (Å²) in [5.41, 5.74) is 3.74. The second kappa shape index (κ2) is 8.81. The van der Waals surface area contributed by atoms with Gasteiger partial charge in [0, 0.05) is 43.4 Å². The minimum absolute atomic E-state index is 0.152. The number of aromatic nitrogens is 5. The number of aliphatic imine (C=N–C) groups is 1. The van der Waals surface area contributed by atoms with E-state index < -0.39 is 0 Å². The minimum atomic E-state index is 0.152. The van der Waals surface area contributed by atoms with Crippen molar-refractivity contribution in [1.29, 1.82) is 0 Å². The number of benzene rings is 1. The van der Waals surface area contributed by atoms with E-state index in [-0.39, 0.29) is 5.84 Å². The molecule has 0 radical (unpaired) electrons. The molecule has 0 unspecified atom stereocenters. The van der Waals surface area contributed by atoms with Crippen LogP contribution in [0.2, 0.25) is 0 Å². The fourth-order valence-electron chi connectivity index (χ4n) is 3.21. The maximum atomic E-state index is 7.47. The first-order valence-corrected chi connectivity index (χ1v) is 9.78. The highest BCUT2D eigenvalue weighted by atomic mass is 16.5. The molecule has 0 bridgehead atoms. The maximum absolute atomic E-state index is 7.47. The average Bonchev–Trinajstić information content (AvgIpc) is 3.35. The summed E-state index contributed by atoms with van der Waals surface area (Å²) in [6.07, 6.45) is 4.73. The van der Waals surface area contributed by atoms with Crippen LogP contribution in [0, 0.1) is 13.5 Å². The highest BCUT2D eigenvalue weighted by Crippen LogP contribution is 2.27. The molecule has 0 saturated heterocycles. The highest BCUT2D eigenvalue weighted by Gasteiger charge is 2.30. The van der Waals surface area contributed by atoms with Gasteiger partial charge in [-0.05, 0) is 37.6 Å². The number of rotatable bonds is 7. The second-order valence-electron chi connectivity index (χ2n) is 6.78. The van der Waals surface area contributed by atoms with Crippen molar-refractivity contribution in [2.75, 3.05) is 31.7 Å². The third kappa shape index (κ3) is 4.04.